The number of halogens is 1. The van der Waals surface area contributed by atoms with Crippen molar-refractivity contribution in [2.24, 2.45) is 11.7 Å². The Hall–Kier alpha value is -0.380. The molecule has 0 radical (unpaired) electrons. The topological polar surface area (TPSA) is 29.3 Å². The monoisotopic (exact) mass is 324 g/mol. The summed E-state index contributed by atoms with van der Waals surface area (Å²) in [6.45, 7) is 4.30. The second-order valence-electron chi connectivity index (χ2n) is 6.36. The molecule has 3 heteroatoms. The van der Waals surface area contributed by atoms with Gasteiger partial charge in [0.15, 0.2) is 0 Å². The highest BCUT2D eigenvalue weighted by molar-refractivity contribution is 9.10. The number of nitrogens with two attached hydrogens (primary N) is 1. The minimum Gasteiger partial charge on any atom is -0.324 e. The van der Waals surface area contributed by atoms with Crippen LogP contribution in [0, 0.1) is 5.92 Å². The zero-order valence-corrected chi connectivity index (χ0v) is 13.6. The largest absolute Gasteiger partial charge is 0.324 e. The van der Waals surface area contributed by atoms with Gasteiger partial charge >= 0.3 is 0 Å². The van der Waals surface area contributed by atoms with E-state index in [1.807, 2.05) is 0 Å². The molecule has 2 N–H and O–H groups in total. The molecule has 1 aliphatic carbocycles. The van der Waals surface area contributed by atoms with Crippen molar-refractivity contribution in [1.82, 2.24) is 4.90 Å². The molecule has 2 unspecified atom stereocenters. The molecule has 0 amide bonds. The highest BCUT2D eigenvalue weighted by Gasteiger charge is 2.31. The summed E-state index contributed by atoms with van der Waals surface area (Å²) < 4.78 is 1.13. The van der Waals surface area contributed by atoms with E-state index in [0.29, 0.717) is 0 Å². The number of nitrogens with zero attached hydrogens (tertiary/aromatic N) is 1. The first kappa shape index (κ1) is 15.0. The van der Waals surface area contributed by atoms with Gasteiger partial charge in [0.05, 0.1) is 0 Å². The molecule has 1 fully saturated rings. The van der Waals surface area contributed by atoms with Crippen LogP contribution in [0.4, 0.5) is 0 Å². The maximum Gasteiger partial charge on any atom is 0.0285 e. The fraction of sp³-hybridized carbons (Fsp3) is 0.625. The maximum atomic E-state index is 6.58. The van der Waals surface area contributed by atoms with Crippen LogP contribution < -0.4 is 5.73 Å². The Balaban J connectivity index is 1.89. The molecule has 0 spiro atoms. The van der Waals surface area contributed by atoms with Crippen LogP contribution in [0.5, 0.6) is 0 Å². The van der Waals surface area contributed by atoms with Crippen LogP contribution in [0.2, 0.25) is 0 Å². The normalized spacial score (nSPS) is 27.7. The molecule has 0 bridgehead atoms. The molecule has 0 heterocycles. The summed E-state index contributed by atoms with van der Waals surface area (Å²) in [5, 5.41) is 0. The van der Waals surface area contributed by atoms with Crippen LogP contribution in [0.3, 0.4) is 0 Å². The highest BCUT2D eigenvalue weighted by Crippen LogP contribution is 2.31. The van der Waals surface area contributed by atoms with Crippen molar-refractivity contribution in [2.75, 3.05) is 13.6 Å². The van der Waals surface area contributed by atoms with Crippen molar-refractivity contribution in [3.05, 3.63) is 34.3 Å². The van der Waals surface area contributed by atoms with Gasteiger partial charge in [-0.15, -0.1) is 0 Å². The number of benzene rings is 1. The van der Waals surface area contributed by atoms with Crippen molar-refractivity contribution in [3.63, 3.8) is 0 Å². The summed E-state index contributed by atoms with van der Waals surface area (Å²) in [6.07, 6.45) is 4.96. The Morgan fingerprint density at radius 2 is 2.05 bits per heavy atom. The van der Waals surface area contributed by atoms with Crippen LogP contribution in [-0.4, -0.2) is 24.0 Å². The number of rotatable bonds is 4. The third kappa shape index (κ3) is 4.59. The predicted octanol–water partition coefficient (Wildman–Crippen LogP) is 3.79. The zero-order valence-electron chi connectivity index (χ0n) is 12.0. The van der Waals surface area contributed by atoms with Crippen LogP contribution in [0.25, 0.3) is 0 Å². The predicted molar refractivity (Wildman–Crippen MR) is 85.0 cm³/mol. The van der Waals surface area contributed by atoms with E-state index in [-0.39, 0.29) is 5.54 Å². The van der Waals surface area contributed by atoms with Crippen LogP contribution in [-0.2, 0) is 6.54 Å². The molecule has 19 heavy (non-hydrogen) atoms. The van der Waals surface area contributed by atoms with Crippen molar-refractivity contribution in [3.8, 4) is 0 Å². The summed E-state index contributed by atoms with van der Waals surface area (Å²) in [4.78, 5) is 2.36. The molecular formula is C16H25BrN2. The minimum atomic E-state index is 0.0157. The van der Waals surface area contributed by atoms with Crippen LogP contribution >= 0.6 is 15.9 Å². The van der Waals surface area contributed by atoms with E-state index in [0.717, 1.165) is 29.9 Å². The lowest BCUT2D eigenvalue weighted by Gasteiger charge is -2.39. The van der Waals surface area contributed by atoms with Crippen molar-refractivity contribution in [1.29, 1.82) is 0 Å². The highest BCUT2D eigenvalue weighted by atomic mass is 79.9. The standard InChI is InChI=1S/C16H25BrN2/c1-13-4-3-9-16(18,10-13)12-19(2)11-14-5-7-15(17)8-6-14/h5-8,13H,3-4,9-12,18H2,1-2H3. The second kappa shape index (κ2) is 6.38. The quantitative estimate of drug-likeness (QED) is 0.913. The van der Waals surface area contributed by atoms with Gasteiger partial charge in [0.25, 0.3) is 0 Å². The molecule has 1 saturated carbocycles. The van der Waals surface area contributed by atoms with Gasteiger partial charge in [0.1, 0.15) is 0 Å². The molecule has 106 valence electrons. The lowest BCUT2D eigenvalue weighted by molar-refractivity contribution is 0.165. The van der Waals surface area contributed by atoms with E-state index in [2.05, 4.69) is 59.1 Å². The number of hydrogen-bond donors (Lipinski definition) is 1. The average molecular weight is 325 g/mol. The molecule has 2 rings (SSSR count). The lowest BCUT2D eigenvalue weighted by atomic mass is 9.77. The summed E-state index contributed by atoms with van der Waals surface area (Å²) in [6, 6.07) is 8.55. The molecule has 2 nitrogen and oxygen atoms in total. The fourth-order valence-electron chi connectivity index (χ4n) is 3.34. The molecule has 0 saturated heterocycles. The molecule has 1 aromatic rings. The van der Waals surface area contributed by atoms with E-state index in [9.17, 15) is 0 Å². The third-order valence-corrected chi connectivity index (χ3v) is 4.61. The van der Waals surface area contributed by atoms with Crippen molar-refractivity contribution >= 4 is 15.9 Å². The third-order valence-electron chi connectivity index (χ3n) is 4.08. The summed E-state index contributed by atoms with van der Waals surface area (Å²) >= 11 is 3.47. The van der Waals surface area contributed by atoms with Crippen molar-refractivity contribution < 1.29 is 0 Å². The first-order chi connectivity index (χ1) is 8.97. The van der Waals surface area contributed by atoms with Gasteiger partial charge in [-0.2, -0.15) is 0 Å². The Morgan fingerprint density at radius 1 is 1.37 bits per heavy atom. The Morgan fingerprint density at radius 3 is 2.68 bits per heavy atom. The Bertz CT molecular complexity index is 404. The molecular weight excluding hydrogens is 300 g/mol. The molecule has 0 aliphatic heterocycles. The van der Waals surface area contributed by atoms with Gasteiger partial charge in [0, 0.05) is 23.1 Å². The summed E-state index contributed by atoms with van der Waals surface area (Å²) in [7, 11) is 2.18. The van der Waals surface area contributed by atoms with E-state index in [1.54, 1.807) is 0 Å². The first-order valence-corrected chi connectivity index (χ1v) is 7.98. The molecule has 1 aliphatic rings. The second-order valence-corrected chi connectivity index (χ2v) is 7.28. The average Bonchev–Trinajstić information content (AvgIpc) is 2.31. The van der Waals surface area contributed by atoms with Gasteiger partial charge < -0.3 is 10.6 Å². The Kier molecular flexibility index (Phi) is 5.04. The minimum absolute atomic E-state index is 0.0157. The van der Waals surface area contributed by atoms with Crippen molar-refractivity contribution in [2.45, 2.75) is 44.7 Å². The fourth-order valence-corrected chi connectivity index (χ4v) is 3.60. The van der Waals surface area contributed by atoms with Crippen LogP contribution in [0.1, 0.15) is 38.2 Å². The van der Waals surface area contributed by atoms with Gasteiger partial charge in [0.2, 0.25) is 0 Å². The summed E-state index contributed by atoms with van der Waals surface area (Å²) in [5.74, 6) is 0.778. The maximum absolute atomic E-state index is 6.58. The van der Waals surface area contributed by atoms with Gasteiger partial charge in [-0.3, -0.25) is 0 Å². The van der Waals surface area contributed by atoms with E-state index < -0.39 is 0 Å². The van der Waals surface area contributed by atoms with E-state index in [1.165, 1.54) is 24.8 Å². The van der Waals surface area contributed by atoms with E-state index >= 15 is 0 Å². The van der Waals surface area contributed by atoms with Gasteiger partial charge in [-0.25, -0.2) is 0 Å². The Labute approximate surface area is 125 Å². The lowest BCUT2D eigenvalue weighted by Crippen LogP contribution is -2.51. The number of hydrogen-bond acceptors (Lipinski definition) is 2. The van der Waals surface area contributed by atoms with Gasteiger partial charge in [-0.1, -0.05) is 47.8 Å². The molecule has 2 atom stereocenters. The zero-order chi connectivity index (χ0) is 13.9. The van der Waals surface area contributed by atoms with E-state index in [4.69, 9.17) is 5.73 Å². The molecule has 1 aromatic carbocycles. The number of likely N-dealkylation sites (N-methyl/N-ethyl adjacent to an activating group) is 1. The smallest absolute Gasteiger partial charge is 0.0285 e. The SMILES string of the molecule is CC1CCCC(N)(CN(C)Cc2ccc(Br)cc2)C1. The first-order valence-electron chi connectivity index (χ1n) is 7.19. The molecule has 0 aromatic heterocycles. The summed E-state index contributed by atoms with van der Waals surface area (Å²) in [5.41, 5.74) is 7.94. The van der Waals surface area contributed by atoms with Gasteiger partial charge in [-0.05, 0) is 43.5 Å². The van der Waals surface area contributed by atoms with Crippen LogP contribution in [0.15, 0.2) is 28.7 Å².